The molecule has 10 nitrogen and oxygen atoms in total. The maximum atomic E-state index is 14.2. The molecule has 2 aromatic heterocycles. The number of nitrogens with two attached hydrogens (primary N) is 1. The fourth-order valence-electron chi connectivity index (χ4n) is 4.24. The molecular formula is C25H25F3N8O2. The van der Waals surface area contributed by atoms with Gasteiger partial charge >= 0.3 is 0 Å². The maximum absolute atomic E-state index is 14.2. The molecule has 1 atom stereocenters. The van der Waals surface area contributed by atoms with E-state index in [1.54, 1.807) is 48.3 Å². The average Bonchev–Trinajstić information content (AvgIpc) is 3.30. The Morgan fingerprint density at radius 3 is 2.47 bits per heavy atom. The fraction of sp³-hybridized carbons (Fsp3) is 0.280. The van der Waals surface area contributed by atoms with E-state index in [0.29, 0.717) is 35.5 Å². The minimum Gasteiger partial charge on any atom is -0.378 e. The molecule has 1 fully saturated rings. The highest BCUT2D eigenvalue weighted by Gasteiger charge is 2.26. The molecule has 198 valence electrons. The third kappa shape index (κ3) is 5.05. The van der Waals surface area contributed by atoms with Crippen LogP contribution >= 0.6 is 0 Å². The Morgan fingerprint density at radius 2 is 1.79 bits per heavy atom. The van der Waals surface area contributed by atoms with Crippen molar-refractivity contribution in [3.05, 3.63) is 54.5 Å². The SMILES string of the molecule is Cn1cnc2c(-c3nc(C(N)=O)c(Nc4ccc(N5CCOCC5)cc4)nc3NC(F)C(F)F)cccc21. The number of nitrogens with zero attached hydrogens (tertiary/aromatic N) is 5. The van der Waals surface area contributed by atoms with Gasteiger partial charge in [-0.1, -0.05) is 12.1 Å². The Morgan fingerprint density at radius 1 is 1.05 bits per heavy atom. The molecule has 4 aromatic rings. The molecule has 13 heteroatoms. The van der Waals surface area contributed by atoms with Crippen LogP contribution in [0.5, 0.6) is 0 Å². The number of fused-ring (bicyclic) bond motifs is 1. The molecule has 1 saturated heterocycles. The zero-order chi connectivity index (χ0) is 26.8. The van der Waals surface area contributed by atoms with Gasteiger partial charge in [0.1, 0.15) is 5.69 Å². The third-order valence-electron chi connectivity index (χ3n) is 6.14. The maximum Gasteiger partial charge on any atom is 0.287 e. The summed E-state index contributed by atoms with van der Waals surface area (Å²) in [5.41, 5.74) is 8.40. The summed E-state index contributed by atoms with van der Waals surface area (Å²) in [6.07, 6.45) is -4.49. The van der Waals surface area contributed by atoms with Crippen molar-refractivity contribution < 1.29 is 22.7 Å². The second-order valence-electron chi connectivity index (χ2n) is 8.66. The van der Waals surface area contributed by atoms with E-state index >= 15 is 0 Å². The van der Waals surface area contributed by atoms with Crippen molar-refractivity contribution >= 4 is 40.0 Å². The van der Waals surface area contributed by atoms with Crippen molar-refractivity contribution in [3.63, 3.8) is 0 Å². The van der Waals surface area contributed by atoms with E-state index in [9.17, 15) is 18.0 Å². The van der Waals surface area contributed by atoms with Crippen LogP contribution in [0.15, 0.2) is 48.8 Å². The van der Waals surface area contributed by atoms with Crippen LogP contribution in [0.3, 0.4) is 0 Å². The van der Waals surface area contributed by atoms with Gasteiger partial charge in [-0.15, -0.1) is 0 Å². The number of rotatable bonds is 8. The molecule has 3 heterocycles. The lowest BCUT2D eigenvalue weighted by Gasteiger charge is -2.29. The van der Waals surface area contributed by atoms with Crippen molar-refractivity contribution in [2.24, 2.45) is 12.8 Å². The van der Waals surface area contributed by atoms with E-state index in [0.717, 1.165) is 18.8 Å². The normalized spacial score (nSPS) is 14.6. The lowest BCUT2D eigenvalue weighted by atomic mass is 10.1. The second-order valence-corrected chi connectivity index (χ2v) is 8.66. The van der Waals surface area contributed by atoms with Crippen molar-refractivity contribution in [1.29, 1.82) is 0 Å². The molecule has 1 aliphatic heterocycles. The van der Waals surface area contributed by atoms with Gasteiger partial charge in [-0.3, -0.25) is 4.79 Å². The van der Waals surface area contributed by atoms with Crippen LogP contribution in [0.2, 0.25) is 0 Å². The quantitative estimate of drug-likeness (QED) is 0.297. The highest BCUT2D eigenvalue weighted by molar-refractivity contribution is 6.00. The van der Waals surface area contributed by atoms with Gasteiger partial charge in [-0.2, -0.15) is 0 Å². The number of hydrogen-bond donors (Lipinski definition) is 3. The molecular weight excluding hydrogens is 501 g/mol. The van der Waals surface area contributed by atoms with Crippen LogP contribution < -0.4 is 21.3 Å². The van der Waals surface area contributed by atoms with Gasteiger partial charge in [0.15, 0.2) is 17.3 Å². The Labute approximate surface area is 215 Å². The van der Waals surface area contributed by atoms with Gasteiger partial charge in [0.05, 0.1) is 30.6 Å². The summed E-state index contributed by atoms with van der Waals surface area (Å²) in [5.74, 6) is -1.32. The number of imidazole rings is 1. The first-order chi connectivity index (χ1) is 18.3. The predicted molar refractivity (Wildman–Crippen MR) is 138 cm³/mol. The molecule has 1 aliphatic rings. The van der Waals surface area contributed by atoms with Gasteiger partial charge in [-0.05, 0) is 30.3 Å². The van der Waals surface area contributed by atoms with Gasteiger partial charge < -0.3 is 30.6 Å². The van der Waals surface area contributed by atoms with Crippen LogP contribution in [0.1, 0.15) is 10.5 Å². The molecule has 1 amide bonds. The summed E-state index contributed by atoms with van der Waals surface area (Å²) < 4.78 is 47.6. The molecule has 5 rings (SSSR count). The van der Waals surface area contributed by atoms with Crippen molar-refractivity contribution in [3.8, 4) is 11.3 Å². The first-order valence-electron chi connectivity index (χ1n) is 11.8. The Kier molecular flexibility index (Phi) is 7.01. The van der Waals surface area contributed by atoms with Crippen LogP contribution in [0.4, 0.5) is 36.2 Å². The number of morpholine rings is 1. The van der Waals surface area contributed by atoms with Gasteiger partial charge in [0, 0.05) is 37.1 Å². The number of aromatic nitrogens is 4. The fourth-order valence-corrected chi connectivity index (χ4v) is 4.24. The third-order valence-corrected chi connectivity index (χ3v) is 6.14. The monoisotopic (exact) mass is 526 g/mol. The number of hydrogen-bond acceptors (Lipinski definition) is 8. The van der Waals surface area contributed by atoms with Crippen LogP contribution in [0.25, 0.3) is 22.3 Å². The van der Waals surface area contributed by atoms with Gasteiger partial charge in [-0.25, -0.2) is 28.1 Å². The van der Waals surface area contributed by atoms with E-state index in [1.165, 1.54) is 0 Å². The van der Waals surface area contributed by atoms with E-state index in [-0.39, 0.29) is 23.0 Å². The van der Waals surface area contributed by atoms with Crippen molar-refractivity contribution in [2.75, 3.05) is 41.8 Å². The number of amides is 1. The molecule has 0 radical (unpaired) electrons. The number of carbonyl (C=O) groups excluding carboxylic acids is 1. The highest BCUT2D eigenvalue weighted by Crippen LogP contribution is 2.34. The number of ether oxygens (including phenoxy) is 1. The van der Waals surface area contributed by atoms with Crippen molar-refractivity contribution in [1.82, 2.24) is 19.5 Å². The van der Waals surface area contributed by atoms with Gasteiger partial charge in [0.2, 0.25) is 6.30 Å². The second kappa shape index (κ2) is 10.5. The number of anilines is 4. The van der Waals surface area contributed by atoms with Crippen LogP contribution in [-0.2, 0) is 11.8 Å². The number of para-hydroxylation sites is 1. The van der Waals surface area contributed by atoms with Crippen LogP contribution in [0, 0.1) is 0 Å². The zero-order valence-corrected chi connectivity index (χ0v) is 20.4. The van der Waals surface area contributed by atoms with E-state index in [4.69, 9.17) is 10.5 Å². The number of carbonyl (C=O) groups is 1. The Balaban J connectivity index is 1.56. The first-order valence-corrected chi connectivity index (χ1v) is 11.8. The first kappa shape index (κ1) is 25.3. The average molecular weight is 527 g/mol. The predicted octanol–water partition coefficient (Wildman–Crippen LogP) is 3.68. The molecule has 2 aromatic carbocycles. The molecule has 0 saturated carbocycles. The standard InChI is InChI=1S/C25H25F3N8O2/c1-35-13-30-18-16(3-2-4-17(18)35)19-24(33-22(28)21(26)27)34-25(20(32-19)23(29)37)31-14-5-7-15(8-6-14)36-9-11-38-12-10-36/h2-8,13,21-22H,9-12H2,1H3,(H2,29,37)(H2,31,33,34). The number of primary amides is 1. The lowest BCUT2D eigenvalue weighted by molar-refractivity contribution is 0.0649. The van der Waals surface area contributed by atoms with Crippen molar-refractivity contribution in [2.45, 2.75) is 12.7 Å². The minimum absolute atomic E-state index is 0.0420. The van der Waals surface area contributed by atoms with E-state index in [1.807, 2.05) is 12.1 Å². The van der Waals surface area contributed by atoms with E-state index in [2.05, 4.69) is 30.5 Å². The molecule has 0 spiro atoms. The summed E-state index contributed by atoms with van der Waals surface area (Å²) in [5, 5.41) is 5.05. The molecule has 0 bridgehead atoms. The molecule has 4 N–H and O–H groups in total. The summed E-state index contributed by atoms with van der Waals surface area (Å²) in [7, 11) is 1.78. The zero-order valence-electron chi connectivity index (χ0n) is 20.4. The number of nitrogens with one attached hydrogen (secondary N) is 2. The van der Waals surface area contributed by atoms with Gasteiger partial charge in [0.25, 0.3) is 12.3 Å². The molecule has 1 unspecified atom stereocenters. The Bertz CT molecular complexity index is 1460. The number of halogens is 3. The minimum atomic E-state index is -3.32. The Hall–Kier alpha value is -4.39. The number of alkyl halides is 3. The summed E-state index contributed by atoms with van der Waals surface area (Å²) in [4.78, 5) is 27.6. The summed E-state index contributed by atoms with van der Waals surface area (Å²) in [6, 6.07) is 12.4. The number of aryl methyl sites for hydroxylation is 1. The topological polar surface area (TPSA) is 123 Å². The largest absolute Gasteiger partial charge is 0.378 e. The van der Waals surface area contributed by atoms with E-state index < -0.39 is 18.6 Å². The summed E-state index contributed by atoms with van der Waals surface area (Å²) >= 11 is 0. The smallest absolute Gasteiger partial charge is 0.287 e. The molecule has 0 aliphatic carbocycles. The summed E-state index contributed by atoms with van der Waals surface area (Å²) in [6.45, 7) is 2.80. The van der Waals surface area contributed by atoms with Crippen LogP contribution in [-0.4, -0.2) is 64.5 Å². The highest BCUT2D eigenvalue weighted by atomic mass is 19.3. The lowest BCUT2D eigenvalue weighted by Crippen LogP contribution is -2.36. The number of benzene rings is 2. The molecule has 38 heavy (non-hydrogen) atoms.